The second-order valence-corrected chi connectivity index (χ2v) is 6.40. The Balaban J connectivity index is 1.53. The van der Waals surface area contributed by atoms with Gasteiger partial charge in [-0.05, 0) is 37.8 Å². The van der Waals surface area contributed by atoms with Crippen LogP contribution in [0.2, 0.25) is 0 Å². The van der Waals surface area contributed by atoms with Gasteiger partial charge in [0.05, 0.1) is 17.9 Å². The van der Waals surface area contributed by atoms with Gasteiger partial charge in [-0.25, -0.2) is 4.39 Å². The SMILES string of the molecule is C[C@H](CCc1ccccc1F)N[C@@H]1CCN(c2cnn(C)c2)C1=O. The van der Waals surface area contributed by atoms with Crippen molar-refractivity contribution in [2.24, 2.45) is 7.05 Å². The number of aryl methyl sites for hydroxylation is 2. The number of nitrogens with zero attached hydrogens (tertiary/aromatic N) is 3. The molecule has 1 aromatic carbocycles. The zero-order valence-corrected chi connectivity index (χ0v) is 14.1. The van der Waals surface area contributed by atoms with Crippen LogP contribution in [0.3, 0.4) is 0 Å². The highest BCUT2D eigenvalue weighted by Crippen LogP contribution is 2.21. The van der Waals surface area contributed by atoms with Crippen molar-refractivity contribution in [3.05, 3.63) is 48.0 Å². The average Bonchev–Trinajstić information content (AvgIpc) is 3.13. The third kappa shape index (κ3) is 3.64. The van der Waals surface area contributed by atoms with Crippen molar-refractivity contribution < 1.29 is 9.18 Å². The minimum atomic E-state index is -0.180. The quantitative estimate of drug-likeness (QED) is 0.884. The first-order chi connectivity index (χ1) is 11.5. The molecule has 1 saturated heterocycles. The summed E-state index contributed by atoms with van der Waals surface area (Å²) in [4.78, 5) is 14.3. The molecule has 1 N–H and O–H groups in total. The molecule has 0 radical (unpaired) electrons. The van der Waals surface area contributed by atoms with Crippen LogP contribution in [0, 0.1) is 5.82 Å². The molecule has 1 aromatic heterocycles. The van der Waals surface area contributed by atoms with E-state index in [0.717, 1.165) is 24.1 Å². The lowest BCUT2D eigenvalue weighted by Crippen LogP contribution is -2.42. The van der Waals surface area contributed by atoms with Gasteiger partial charge in [0.2, 0.25) is 5.91 Å². The lowest BCUT2D eigenvalue weighted by atomic mass is 10.0. The van der Waals surface area contributed by atoms with Crippen LogP contribution in [0.25, 0.3) is 0 Å². The number of amides is 1. The third-order valence-corrected chi connectivity index (χ3v) is 4.50. The van der Waals surface area contributed by atoms with E-state index in [-0.39, 0.29) is 23.8 Å². The Labute approximate surface area is 141 Å². The van der Waals surface area contributed by atoms with Crippen LogP contribution >= 0.6 is 0 Å². The molecule has 0 aliphatic carbocycles. The van der Waals surface area contributed by atoms with E-state index in [4.69, 9.17) is 0 Å². The molecule has 5 nitrogen and oxygen atoms in total. The number of carbonyl (C=O) groups is 1. The number of hydrogen-bond donors (Lipinski definition) is 1. The second-order valence-electron chi connectivity index (χ2n) is 6.40. The topological polar surface area (TPSA) is 50.2 Å². The van der Waals surface area contributed by atoms with E-state index in [1.54, 1.807) is 21.8 Å². The number of carbonyl (C=O) groups excluding carboxylic acids is 1. The number of nitrogens with one attached hydrogen (secondary N) is 1. The van der Waals surface area contributed by atoms with Gasteiger partial charge in [0.15, 0.2) is 0 Å². The maximum absolute atomic E-state index is 13.7. The van der Waals surface area contributed by atoms with Gasteiger partial charge in [-0.3, -0.25) is 9.48 Å². The smallest absolute Gasteiger partial charge is 0.244 e. The van der Waals surface area contributed by atoms with E-state index in [1.165, 1.54) is 6.07 Å². The first-order valence-corrected chi connectivity index (χ1v) is 8.34. The van der Waals surface area contributed by atoms with E-state index in [9.17, 15) is 9.18 Å². The van der Waals surface area contributed by atoms with Gasteiger partial charge >= 0.3 is 0 Å². The summed E-state index contributed by atoms with van der Waals surface area (Å²) >= 11 is 0. The molecule has 0 unspecified atom stereocenters. The van der Waals surface area contributed by atoms with Crippen LogP contribution < -0.4 is 10.2 Å². The summed E-state index contributed by atoms with van der Waals surface area (Å²) in [6.07, 6.45) is 5.78. The van der Waals surface area contributed by atoms with E-state index in [1.807, 2.05) is 32.3 Å². The summed E-state index contributed by atoms with van der Waals surface area (Å²) in [5.41, 5.74) is 1.56. The fourth-order valence-corrected chi connectivity index (χ4v) is 3.14. The lowest BCUT2D eigenvalue weighted by molar-refractivity contribution is -0.119. The van der Waals surface area contributed by atoms with E-state index in [2.05, 4.69) is 10.4 Å². The molecule has 1 amide bonds. The standard InChI is InChI=1S/C18H23FN4O/c1-13(7-8-14-5-3-4-6-16(14)19)21-17-9-10-23(18(17)24)15-11-20-22(2)12-15/h3-6,11-13,17,21H,7-10H2,1-2H3/t13-,17-/m1/s1. The lowest BCUT2D eigenvalue weighted by Gasteiger charge is -2.19. The first-order valence-electron chi connectivity index (χ1n) is 8.34. The average molecular weight is 330 g/mol. The zero-order chi connectivity index (χ0) is 17.1. The summed E-state index contributed by atoms with van der Waals surface area (Å²) in [5.74, 6) is -0.0786. The van der Waals surface area contributed by atoms with E-state index in [0.29, 0.717) is 13.0 Å². The van der Waals surface area contributed by atoms with Gasteiger partial charge in [0.25, 0.3) is 0 Å². The summed E-state index contributed by atoms with van der Waals surface area (Å²) in [6, 6.07) is 6.81. The normalized spacial score (nSPS) is 19.0. The predicted molar refractivity (Wildman–Crippen MR) is 91.3 cm³/mol. The molecule has 1 aliphatic heterocycles. The minimum absolute atomic E-state index is 0.0840. The van der Waals surface area contributed by atoms with Crippen LogP contribution in [0.15, 0.2) is 36.7 Å². The summed E-state index contributed by atoms with van der Waals surface area (Å²) in [7, 11) is 1.84. The van der Waals surface area contributed by atoms with Gasteiger partial charge in [-0.15, -0.1) is 0 Å². The van der Waals surface area contributed by atoms with Gasteiger partial charge in [0.1, 0.15) is 5.82 Å². The van der Waals surface area contributed by atoms with Gasteiger partial charge in [-0.2, -0.15) is 5.10 Å². The minimum Gasteiger partial charge on any atom is -0.308 e. The molecule has 1 aliphatic rings. The Kier molecular flexibility index (Phi) is 4.94. The Bertz CT molecular complexity index is 715. The largest absolute Gasteiger partial charge is 0.308 e. The molecular weight excluding hydrogens is 307 g/mol. The Hall–Kier alpha value is -2.21. The van der Waals surface area contributed by atoms with Crippen molar-refractivity contribution in [2.45, 2.75) is 38.3 Å². The molecule has 0 spiro atoms. The maximum Gasteiger partial charge on any atom is 0.244 e. The predicted octanol–water partition coefficient (Wildman–Crippen LogP) is 2.28. The molecule has 2 atom stereocenters. The van der Waals surface area contributed by atoms with Crippen molar-refractivity contribution >= 4 is 11.6 Å². The molecule has 2 aromatic rings. The molecule has 2 heterocycles. The van der Waals surface area contributed by atoms with Crippen LogP contribution in [0.4, 0.5) is 10.1 Å². The molecule has 24 heavy (non-hydrogen) atoms. The number of benzene rings is 1. The number of halogens is 1. The van der Waals surface area contributed by atoms with E-state index < -0.39 is 0 Å². The fraction of sp³-hybridized carbons (Fsp3) is 0.444. The number of hydrogen-bond acceptors (Lipinski definition) is 3. The zero-order valence-electron chi connectivity index (χ0n) is 14.1. The van der Waals surface area contributed by atoms with Gasteiger partial charge < -0.3 is 10.2 Å². The second kappa shape index (κ2) is 7.13. The van der Waals surface area contributed by atoms with Gasteiger partial charge in [-0.1, -0.05) is 18.2 Å². The number of rotatable bonds is 6. The molecule has 0 bridgehead atoms. The Morgan fingerprint density at radius 2 is 2.21 bits per heavy atom. The van der Waals surface area contributed by atoms with Crippen LogP contribution in [-0.4, -0.2) is 34.3 Å². The molecule has 0 saturated carbocycles. The van der Waals surface area contributed by atoms with E-state index >= 15 is 0 Å². The molecule has 3 rings (SSSR count). The van der Waals surface area contributed by atoms with Crippen molar-refractivity contribution in [3.63, 3.8) is 0 Å². The van der Waals surface area contributed by atoms with Crippen molar-refractivity contribution in [3.8, 4) is 0 Å². The molecular formula is C18H23FN4O. The summed E-state index contributed by atoms with van der Waals surface area (Å²) in [6.45, 7) is 2.74. The van der Waals surface area contributed by atoms with Crippen LogP contribution in [0.5, 0.6) is 0 Å². The van der Waals surface area contributed by atoms with Gasteiger partial charge in [0, 0.05) is 25.8 Å². The Morgan fingerprint density at radius 1 is 1.42 bits per heavy atom. The fourth-order valence-electron chi connectivity index (χ4n) is 3.14. The summed E-state index contributed by atoms with van der Waals surface area (Å²) in [5, 5.41) is 7.50. The maximum atomic E-state index is 13.7. The monoisotopic (exact) mass is 330 g/mol. The highest BCUT2D eigenvalue weighted by molar-refractivity contribution is 5.99. The first kappa shape index (κ1) is 16.6. The van der Waals surface area contributed by atoms with Crippen molar-refractivity contribution in [2.75, 3.05) is 11.4 Å². The number of anilines is 1. The van der Waals surface area contributed by atoms with Crippen LogP contribution in [0.1, 0.15) is 25.3 Å². The Morgan fingerprint density at radius 3 is 2.92 bits per heavy atom. The van der Waals surface area contributed by atoms with Crippen molar-refractivity contribution in [1.29, 1.82) is 0 Å². The molecule has 128 valence electrons. The third-order valence-electron chi connectivity index (χ3n) is 4.50. The molecule has 6 heteroatoms. The molecule has 1 fully saturated rings. The van der Waals surface area contributed by atoms with Crippen molar-refractivity contribution in [1.82, 2.24) is 15.1 Å². The summed E-state index contributed by atoms with van der Waals surface area (Å²) < 4.78 is 15.4. The van der Waals surface area contributed by atoms with Crippen LogP contribution in [-0.2, 0) is 18.3 Å². The number of aromatic nitrogens is 2. The highest BCUT2D eigenvalue weighted by atomic mass is 19.1. The highest BCUT2D eigenvalue weighted by Gasteiger charge is 2.33.